The minimum Gasteiger partial charge on any atom is -0.400 e. The molecule has 25 heavy (non-hydrogen) atoms. The number of hydrazone groups is 1. The molecular formula is C14H12N4O6S. The molecule has 0 saturated carbocycles. The summed E-state index contributed by atoms with van der Waals surface area (Å²) in [5, 5.41) is 25.1. The van der Waals surface area contributed by atoms with Crippen LogP contribution in [0.4, 0.5) is 5.88 Å². The number of nitro groups is 1. The summed E-state index contributed by atoms with van der Waals surface area (Å²) in [6.45, 7) is -0.334. The Morgan fingerprint density at radius 1 is 1.32 bits per heavy atom. The molecule has 130 valence electrons. The van der Waals surface area contributed by atoms with Crippen molar-refractivity contribution in [3.05, 3.63) is 57.8 Å². The topological polar surface area (TPSA) is 139 Å². The van der Waals surface area contributed by atoms with Crippen molar-refractivity contribution in [2.45, 2.75) is 4.90 Å². The number of furan rings is 1. The van der Waals surface area contributed by atoms with E-state index >= 15 is 0 Å². The molecule has 0 radical (unpaired) electrons. The van der Waals surface area contributed by atoms with Gasteiger partial charge in [0.2, 0.25) is 0 Å². The Kier molecular flexibility index (Phi) is 4.33. The van der Waals surface area contributed by atoms with Crippen molar-refractivity contribution >= 4 is 28.0 Å². The van der Waals surface area contributed by atoms with E-state index in [0.29, 0.717) is 5.56 Å². The molecule has 1 aromatic heterocycles. The normalized spacial score (nSPS) is 15.2. The predicted octanol–water partition coefficient (Wildman–Crippen LogP) is 0.965. The fraction of sp³-hybridized carbons (Fsp3) is 0.143. The summed E-state index contributed by atoms with van der Waals surface area (Å²) < 4.78 is 32.9. The first kappa shape index (κ1) is 16.8. The van der Waals surface area contributed by atoms with Crippen molar-refractivity contribution in [1.82, 2.24) is 5.01 Å². The van der Waals surface area contributed by atoms with Crippen LogP contribution in [-0.4, -0.2) is 48.7 Å². The quantitative estimate of drug-likeness (QED) is 0.473. The zero-order valence-electron chi connectivity index (χ0n) is 12.6. The average molecular weight is 364 g/mol. The molecule has 0 amide bonds. The van der Waals surface area contributed by atoms with Gasteiger partial charge in [-0.1, -0.05) is 12.1 Å². The first-order valence-corrected chi connectivity index (χ1v) is 8.47. The number of aliphatic hydroxyl groups is 1. The molecule has 0 saturated heterocycles. The summed E-state index contributed by atoms with van der Waals surface area (Å²) >= 11 is 0. The summed E-state index contributed by atoms with van der Waals surface area (Å²) in [5.74, 6) is -0.285. The van der Waals surface area contributed by atoms with Gasteiger partial charge in [0.05, 0.1) is 25.4 Å². The van der Waals surface area contributed by atoms with Gasteiger partial charge in [0, 0.05) is 5.56 Å². The lowest BCUT2D eigenvalue weighted by atomic mass is 10.2. The maximum absolute atomic E-state index is 12.1. The van der Waals surface area contributed by atoms with Gasteiger partial charge in [0.1, 0.15) is 9.82 Å². The van der Waals surface area contributed by atoms with Gasteiger partial charge in [-0.2, -0.15) is 13.5 Å². The maximum Gasteiger partial charge on any atom is 0.433 e. The zero-order valence-corrected chi connectivity index (χ0v) is 13.5. The first-order chi connectivity index (χ1) is 11.9. The van der Waals surface area contributed by atoms with Crippen molar-refractivity contribution in [1.29, 1.82) is 0 Å². The molecule has 10 nitrogen and oxygen atoms in total. The lowest BCUT2D eigenvalue weighted by Crippen LogP contribution is -2.28. The highest BCUT2D eigenvalue weighted by molar-refractivity contribution is 7.90. The molecular weight excluding hydrogens is 352 g/mol. The Hall–Kier alpha value is -3.05. The van der Waals surface area contributed by atoms with Gasteiger partial charge >= 0.3 is 5.88 Å². The van der Waals surface area contributed by atoms with Crippen LogP contribution >= 0.6 is 0 Å². The van der Waals surface area contributed by atoms with Gasteiger partial charge in [-0.05, 0) is 18.2 Å². The number of aliphatic hydroxyl groups excluding tert-OH is 1. The highest BCUT2D eigenvalue weighted by atomic mass is 32.2. The van der Waals surface area contributed by atoms with E-state index in [1.807, 2.05) is 0 Å². The zero-order chi connectivity index (χ0) is 18.0. The van der Waals surface area contributed by atoms with Crippen LogP contribution in [0.3, 0.4) is 0 Å². The van der Waals surface area contributed by atoms with Gasteiger partial charge in [0.25, 0.3) is 10.0 Å². The van der Waals surface area contributed by atoms with E-state index in [1.165, 1.54) is 29.4 Å². The maximum atomic E-state index is 12.1. The molecule has 1 aliphatic rings. The van der Waals surface area contributed by atoms with Crippen LogP contribution in [0.25, 0.3) is 0 Å². The molecule has 1 aromatic carbocycles. The highest BCUT2D eigenvalue weighted by Gasteiger charge is 2.31. The van der Waals surface area contributed by atoms with Crippen LogP contribution in [-0.2, 0) is 10.0 Å². The van der Waals surface area contributed by atoms with Gasteiger partial charge in [0.15, 0.2) is 11.6 Å². The molecule has 3 rings (SSSR count). The first-order valence-electron chi connectivity index (χ1n) is 7.03. The molecule has 0 fully saturated rings. The predicted molar refractivity (Wildman–Crippen MR) is 86.9 cm³/mol. The number of sulfonamides is 1. The Bertz CT molecular complexity index is 979. The molecule has 2 heterocycles. The summed E-state index contributed by atoms with van der Waals surface area (Å²) in [6.07, 6.45) is 1.18. The van der Waals surface area contributed by atoms with E-state index < -0.39 is 20.8 Å². The molecule has 1 aliphatic heterocycles. The summed E-state index contributed by atoms with van der Waals surface area (Å²) in [7, 11) is -3.83. The minimum atomic E-state index is -3.83. The highest BCUT2D eigenvalue weighted by Crippen LogP contribution is 2.27. The third-order valence-electron chi connectivity index (χ3n) is 3.29. The smallest absolute Gasteiger partial charge is 0.400 e. The van der Waals surface area contributed by atoms with Crippen LogP contribution < -0.4 is 0 Å². The average Bonchev–Trinajstić information content (AvgIpc) is 3.15. The largest absolute Gasteiger partial charge is 0.433 e. The summed E-state index contributed by atoms with van der Waals surface area (Å²) in [5.41, 5.74) is 0.360. The Morgan fingerprint density at radius 2 is 2.08 bits per heavy atom. The van der Waals surface area contributed by atoms with E-state index in [-0.39, 0.29) is 29.6 Å². The van der Waals surface area contributed by atoms with Gasteiger partial charge < -0.3 is 9.52 Å². The van der Waals surface area contributed by atoms with E-state index in [2.05, 4.69) is 9.50 Å². The molecule has 0 unspecified atom stereocenters. The fourth-order valence-corrected chi connectivity index (χ4v) is 3.43. The number of benzene rings is 1. The second-order valence-corrected chi connectivity index (χ2v) is 6.48. The van der Waals surface area contributed by atoms with Crippen LogP contribution in [0, 0.1) is 10.1 Å². The van der Waals surface area contributed by atoms with E-state index in [1.54, 1.807) is 18.2 Å². The van der Waals surface area contributed by atoms with Crippen molar-refractivity contribution in [2.75, 3.05) is 13.2 Å². The van der Waals surface area contributed by atoms with Gasteiger partial charge in [-0.15, -0.1) is 4.40 Å². The molecule has 0 aliphatic carbocycles. The second-order valence-electron chi connectivity index (χ2n) is 4.91. The summed E-state index contributed by atoms with van der Waals surface area (Å²) in [4.78, 5) is 9.98. The van der Waals surface area contributed by atoms with Crippen LogP contribution in [0.2, 0.25) is 0 Å². The second kappa shape index (κ2) is 6.45. The van der Waals surface area contributed by atoms with Crippen LogP contribution in [0.5, 0.6) is 0 Å². The van der Waals surface area contributed by atoms with Crippen molar-refractivity contribution in [3.63, 3.8) is 0 Å². The number of rotatable bonds is 5. The molecule has 1 N–H and O–H groups in total. The van der Waals surface area contributed by atoms with Crippen molar-refractivity contribution in [3.8, 4) is 0 Å². The Labute approximate surface area is 141 Å². The number of hydrogen-bond donors (Lipinski definition) is 1. The molecule has 2 aromatic rings. The molecule has 0 bridgehead atoms. The summed E-state index contributed by atoms with van der Waals surface area (Å²) in [6, 6.07) is 8.77. The van der Waals surface area contributed by atoms with Crippen LogP contribution in [0.1, 0.15) is 11.3 Å². The molecule has 11 heteroatoms. The monoisotopic (exact) mass is 364 g/mol. The SMILES string of the molecule is O=[N+]([O-])c1ccc(/C=N/N(CCO)C2=NS(=O)(=O)c3ccccc32)o1. The van der Waals surface area contributed by atoms with Crippen molar-refractivity contribution < 1.29 is 22.9 Å². The lowest BCUT2D eigenvalue weighted by Gasteiger charge is -2.17. The Morgan fingerprint density at radius 3 is 2.76 bits per heavy atom. The number of fused-ring (bicyclic) bond motifs is 1. The van der Waals surface area contributed by atoms with E-state index in [0.717, 1.165) is 0 Å². The minimum absolute atomic E-state index is 0.0258. The van der Waals surface area contributed by atoms with Crippen LogP contribution in [0.15, 0.2) is 55.2 Å². The van der Waals surface area contributed by atoms with E-state index in [4.69, 9.17) is 4.42 Å². The molecule has 0 spiro atoms. The van der Waals surface area contributed by atoms with E-state index in [9.17, 15) is 23.6 Å². The number of nitrogens with zero attached hydrogens (tertiary/aromatic N) is 4. The third-order valence-corrected chi connectivity index (χ3v) is 4.61. The number of amidine groups is 1. The standard InChI is InChI=1S/C14H12N4O6S/c19-8-7-17(15-9-10-5-6-13(24-10)18(20)21)14-11-3-1-2-4-12(11)25(22,23)16-14/h1-6,9,19H,7-8H2/b15-9+. The van der Waals surface area contributed by atoms with Gasteiger partial charge in [-0.3, -0.25) is 10.1 Å². The molecule has 0 atom stereocenters. The Balaban J connectivity index is 1.94. The fourth-order valence-electron chi connectivity index (χ4n) is 2.22. The lowest BCUT2D eigenvalue weighted by molar-refractivity contribution is -0.402. The van der Waals surface area contributed by atoms with Crippen molar-refractivity contribution in [2.24, 2.45) is 9.50 Å². The third kappa shape index (κ3) is 3.27. The van der Waals surface area contributed by atoms with Gasteiger partial charge in [-0.25, -0.2) is 5.01 Å². The number of hydrogen-bond acceptors (Lipinski definition) is 8.